The van der Waals surface area contributed by atoms with Gasteiger partial charge in [-0.05, 0) is 44.4 Å². The highest BCUT2D eigenvalue weighted by Crippen LogP contribution is 2.30. The summed E-state index contributed by atoms with van der Waals surface area (Å²) in [6.07, 6.45) is 18.9. The van der Waals surface area contributed by atoms with Crippen molar-refractivity contribution in [3.05, 3.63) is 0 Å². The molecule has 4 heteroatoms. The van der Waals surface area contributed by atoms with Crippen LogP contribution in [0.5, 0.6) is 0 Å². The molecule has 0 N–H and O–H groups in total. The van der Waals surface area contributed by atoms with Crippen molar-refractivity contribution in [2.45, 2.75) is 130 Å². The number of ether oxygens (including phenoxy) is 2. The van der Waals surface area contributed by atoms with Crippen LogP contribution >= 0.6 is 0 Å². The third kappa shape index (κ3) is 14.6. The molecule has 1 aliphatic carbocycles. The van der Waals surface area contributed by atoms with Crippen molar-refractivity contribution < 1.29 is 19.1 Å². The summed E-state index contributed by atoms with van der Waals surface area (Å²) < 4.78 is 11.0. The lowest BCUT2D eigenvalue weighted by Gasteiger charge is -2.26. The molecule has 0 aliphatic heterocycles. The lowest BCUT2D eigenvalue weighted by Crippen LogP contribution is -2.28. The maximum absolute atomic E-state index is 12.3. The van der Waals surface area contributed by atoms with Crippen molar-refractivity contribution in [2.24, 2.45) is 17.8 Å². The zero-order chi connectivity index (χ0) is 22.7. The molecule has 31 heavy (non-hydrogen) atoms. The van der Waals surface area contributed by atoms with Gasteiger partial charge in [-0.25, -0.2) is 0 Å². The molecular weight excluding hydrogens is 388 g/mol. The summed E-state index contributed by atoms with van der Waals surface area (Å²) in [4.78, 5) is 24.5. The molecule has 182 valence electrons. The van der Waals surface area contributed by atoms with E-state index in [0.717, 1.165) is 57.3 Å². The predicted octanol–water partition coefficient (Wildman–Crippen LogP) is 7.63. The molecule has 0 saturated heterocycles. The van der Waals surface area contributed by atoms with Gasteiger partial charge >= 0.3 is 11.9 Å². The van der Waals surface area contributed by atoms with Gasteiger partial charge < -0.3 is 9.47 Å². The average molecular weight is 439 g/mol. The fourth-order valence-electron chi connectivity index (χ4n) is 4.39. The van der Waals surface area contributed by atoms with Crippen molar-refractivity contribution >= 4 is 11.9 Å². The molecule has 1 fully saturated rings. The van der Waals surface area contributed by atoms with Crippen LogP contribution in [0.25, 0.3) is 0 Å². The van der Waals surface area contributed by atoms with Gasteiger partial charge in [0, 0.05) is 0 Å². The van der Waals surface area contributed by atoms with Crippen molar-refractivity contribution in [3.8, 4) is 0 Å². The lowest BCUT2D eigenvalue weighted by molar-refractivity contribution is -0.155. The largest absolute Gasteiger partial charge is 0.465 e. The highest BCUT2D eigenvalue weighted by Gasteiger charge is 2.31. The highest BCUT2D eigenvalue weighted by atomic mass is 16.5. The monoisotopic (exact) mass is 438 g/mol. The number of unbranched alkanes of at least 4 members (excludes halogenated alkanes) is 10. The fraction of sp³-hybridized carbons (Fsp3) is 0.926. The molecule has 0 aromatic carbocycles. The Hall–Kier alpha value is -1.06. The van der Waals surface area contributed by atoms with Gasteiger partial charge in [0.2, 0.25) is 0 Å². The average Bonchev–Trinajstić information content (AvgIpc) is 2.77. The molecule has 0 spiro atoms. The second-order valence-electron chi connectivity index (χ2n) is 9.96. The lowest BCUT2D eigenvalue weighted by atomic mass is 9.82. The minimum Gasteiger partial charge on any atom is -0.465 e. The molecular formula is C27H50O4. The SMILES string of the molecule is CCCCCCCOC(=O)C1CCC(C(=O)OCCCCCCCCCC(C)C)CC1. The Kier molecular flexibility index (Phi) is 16.7. The highest BCUT2D eigenvalue weighted by molar-refractivity contribution is 5.75. The second kappa shape index (κ2) is 18.5. The van der Waals surface area contributed by atoms with E-state index in [-0.39, 0.29) is 23.8 Å². The molecule has 0 atom stereocenters. The van der Waals surface area contributed by atoms with E-state index in [9.17, 15) is 9.59 Å². The third-order valence-corrected chi connectivity index (χ3v) is 6.56. The van der Waals surface area contributed by atoms with E-state index >= 15 is 0 Å². The van der Waals surface area contributed by atoms with Crippen LogP contribution in [0.2, 0.25) is 0 Å². The Morgan fingerprint density at radius 3 is 1.45 bits per heavy atom. The van der Waals surface area contributed by atoms with Gasteiger partial charge in [-0.1, -0.05) is 91.4 Å². The molecule has 0 heterocycles. The first-order valence-corrected chi connectivity index (χ1v) is 13.4. The van der Waals surface area contributed by atoms with Gasteiger partial charge in [0.25, 0.3) is 0 Å². The van der Waals surface area contributed by atoms with Crippen molar-refractivity contribution in [1.82, 2.24) is 0 Å². The van der Waals surface area contributed by atoms with E-state index in [2.05, 4.69) is 20.8 Å². The smallest absolute Gasteiger partial charge is 0.308 e. The first kappa shape index (κ1) is 28.0. The summed E-state index contributed by atoms with van der Waals surface area (Å²) in [5.74, 6) is 0.644. The molecule has 4 nitrogen and oxygen atoms in total. The number of esters is 2. The van der Waals surface area contributed by atoms with Crippen LogP contribution in [0.4, 0.5) is 0 Å². The summed E-state index contributed by atoms with van der Waals surface area (Å²) in [5, 5.41) is 0. The predicted molar refractivity (Wildman–Crippen MR) is 128 cm³/mol. The summed E-state index contributed by atoms with van der Waals surface area (Å²) in [6, 6.07) is 0. The number of hydrogen-bond donors (Lipinski definition) is 0. The minimum absolute atomic E-state index is 0.0276. The van der Waals surface area contributed by atoms with E-state index in [1.165, 1.54) is 57.8 Å². The Morgan fingerprint density at radius 1 is 0.645 bits per heavy atom. The Bertz CT molecular complexity index is 452. The first-order valence-electron chi connectivity index (χ1n) is 13.4. The first-order chi connectivity index (χ1) is 15.0. The molecule has 0 amide bonds. The Balaban J connectivity index is 1.98. The quantitative estimate of drug-likeness (QED) is 0.163. The van der Waals surface area contributed by atoms with E-state index in [0.29, 0.717) is 13.2 Å². The van der Waals surface area contributed by atoms with Gasteiger partial charge in [-0.15, -0.1) is 0 Å². The van der Waals surface area contributed by atoms with Crippen LogP contribution in [0.1, 0.15) is 130 Å². The second-order valence-corrected chi connectivity index (χ2v) is 9.96. The third-order valence-electron chi connectivity index (χ3n) is 6.56. The number of carbonyl (C=O) groups is 2. The zero-order valence-electron chi connectivity index (χ0n) is 20.8. The maximum Gasteiger partial charge on any atom is 0.308 e. The topological polar surface area (TPSA) is 52.6 Å². The van der Waals surface area contributed by atoms with Crippen molar-refractivity contribution in [2.75, 3.05) is 13.2 Å². The molecule has 0 bridgehead atoms. The summed E-state index contributed by atoms with van der Waals surface area (Å²) in [7, 11) is 0. The molecule has 0 unspecified atom stereocenters. The van der Waals surface area contributed by atoms with E-state index in [1.54, 1.807) is 0 Å². The summed E-state index contributed by atoms with van der Waals surface area (Å²) in [5.41, 5.74) is 0. The van der Waals surface area contributed by atoms with Crippen LogP contribution < -0.4 is 0 Å². The van der Waals surface area contributed by atoms with Crippen molar-refractivity contribution in [3.63, 3.8) is 0 Å². The molecule has 0 aromatic heterocycles. The van der Waals surface area contributed by atoms with Gasteiger partial charge in [0.1, 0.15) is 0 Å². The van der Waals surface area contributed by atoms with Gasteiger partial charge in [0.05, 0.1) is 25.0 Å². The van der Waals surface area contributed by atoms with E-state index < -0.39 is 0 Å². The van der Waals surface area contributed by atoms with Gasteiger partial charge in [0.15, 0.2) is 0 Å². The Labute approximate surface area is 192 Å². The minimum atomic E-state index is -0.0634. The van der Waals surface area contributed by atoms with Crippen LogP contribution in [0.15, 0.2) is 0 Å². The van der Waals surface area contributed by atoms with Crippen LogP contribution in [0.3, 0.4) is 0 Å². The molecule has 1 saturated carbocycles. The molecule has 1 aliphatic rings. The van der Waals surface area contributed by atoms with Crippen LogP contribution in [0, 0.1) is 17.8 Å². The van der Waals surface area contributed by atoms with Gasteiger partial charge in [-0.2, -0.15) is 0 Å². The normalized spacial score (nSPS) is 18.8. The molecule has 1 rings (SSSR count). The fourth-order valence-corrected chi connectivity index (χ4v) is 4.39. The Morgan fingerprint density at radius 2 is 1.03 bits per heavy atom. The number of rotatable bonds is 18. The van der Waals surface area contributed by atoms with E-state index in [4.69, 9.17) is 9.47 Å². The zero-order valence-corrected chi connectivity index (χ0v) is 20.8. The van der Waals surface area contributed by atoms with Crippen LogP contribution in [-0.4, -0.2) is 25.2 Å². The van der Waals surface area contributed by atoms with Crippen LogP contribution in [-0.2, 0) is 19.1 Å². The number of carbonyl (C=O) groups excluding carboxylic acids is 2. The van der Waals surface area contributed by atoms with Crippen molar-refractivity contribution in [1.29, 1.82) is 0 Å². The molecule has 0 radical (unpaired) electrons. The molecule has 0 aromatic rings. The number of hydrogen-bond acceptors (Lipinski definition) is 4. The van der Waals surface area contributed by atoms with Gasteiger partial charge in [-0.3, -0.25) is 9.59 Å². The maximum atomic E-state index is 12.3. The summed E-state index contributed by atoms with van der Waals surface area (Å²) in [6.45, 7) is 7.87. The standard InChI is InChI=1S/C27H50O4/c1-4-5-6-11-14-21-30-26(28)24-17-19-25(20-18-24)27(29)31-22-15-12-9-7-8-10-13-16-23(2)3/h23-25H,4-22H2,1-3H3. The van der Waals surface area contributed by atoms with E-state index in [1.807, 2.05) is 0 Å². The summed E-state index contributed by atoms with van der Waals surface area (Å²) >= 11 is 0.